The minimum atomic E-state index is 0.776. The molecule has 1 nitrogen and oxygen atoms in total. The molecule has 2 aromatic rings. The van der Waals surface area contributed by atoms with Crippen LogP contribution in [0.2, 0.25) is 0 Å². The first-order valence-corrected chi connectivity index (χ1v) is 5.42. The van der Waals surface area contributed by atoms with E-state index in [9.17, 15) is 0 Å². The van der Waals surface area contributed by atoms with Gasteiger partial charge in [0, 0.05) is 20.6 Å². The summed E-state index contributed by atoms with van der Waals surface area (Å²) in [6, 6.07) is 2.16. The van der Waals surface area contributed by atoms with Crippen LogP contribution in [0.1, 0.15) is 5.56 Å². The molecule has 0 atom stereocenters. The van der Waals surface area contributed by atoms with E-state index in [1.54, 1.807) is 22.7 Å². The normalized spacial score (nSPS) is 10.2. The summed E-state index contributed by atoms with van der Waals surface area (Å²) < 4.78 is 2.25. The molecule has 0 aliphatic rings. The molecule has 54 valence electrons. The molecular formula is C7H2BrNS2. The lowest BCUT2D eigenvalue weighted by Gasteiger charge is -1.80. The highest BCUT2D eigenvalue weighted by Gasteiger charge is 2.08. The Labute approximate surface area is 80.0 Å². The third kappa shape index (κ3) is 1.00. The molecule has 2 aromatic heterocycles. The second-order valence-corrected chi connectivity index (χ2v) is 4.88. The van der Waals surface area contributed by atoms with Gasteiger partial charge in [0.05, 0.1) is 9.58 Å². The number of fused-ring (bicyclic) bond motifs is 1. The van der Waals surface area contributed by atoms with Crippen LogP contribution < -0.4 is 0 Å². The lowest BCUT2D eigenvalue weighted by atomic mass is 10.3. The summed E-state index contributed by atoms with van der Waals surface area (Å²) in [5.74, 6) is 0. The average Bonchev–Trinajstić information content (AvgIpc) is 2.54. The third-order valence-corrected chi connectivity index (χ3v) is 4.44. The Balaban J connectivity index is 2.94. The molecule has 0 aromatic carbocycles. The first-order chi connectivity index (χ1) is 5.33. The molecule has 2 heterocycles. The molecule has 11 heavy (non-hydrogen) atoms. The third-order valence-electron chi connectivity index (χ3n) is 1.39. The Morgan fingerprint density at radius 1 is 1.36 bits per heavy atom. The molecule has 0 bridgehead atoms. The molecule has 0 aliphatic carbocycles. The monoisotopic (exact) mass is 243 g/mol. The van der Waals surface area contributed by atoms with Crippen LogP contribution in [-0.4, -0.2) is 0 Å². The van der Waals surface area contributed by atoms with Gasteiger partial charge in [0.15, 0.2) is 0 Å². The van der Waals surface area contributed by atoms with Crippen molar-refractivity contribution in [2.75, 3.05) is 0 Å². The van der Waals surface area contributed by atoms with Gasteiger partial charge in [0.25, 0.3) is 0 Å². The summed E-state index contributed by atoms with van der Waals surface area (Å²) in [5.41, 5.74) is 0.776. The number of nitriles is 1. The van der Waals surface area contributed by atoms with Gasteiger partial charge in [0.2, 0.25) is 0 Å². The van der Waals surface area contributed by atoms with E-state index < -0.39 is 0 Å². The van der Waals surface area contributed by atoms with Crippen LogP contribution in [0, 0.1) is 11.3 Å². The molecule has 0 aliphatic heterocycles. The number of rotatable bonds is 0. The molecule has 0 radical (unpaired) electrons. The Morgan fingerprint density at radius 2 is 2.09 bits per heavy atom. The highest BCUT2D eigenvalue weighted by atomic mass is 79.9. The van der Waals surface area contributed by atoms with Gasteiger partial charge in [0.1, 0.15) is 6.07 Å². The minimum Gasteiger partial charge on any atom is -0.192 e. The minimum absolute atomic E-state index is 0.776. The van der Waals surface area contributed by atoms with Crippen molar-refractivity contribution in [1.82, 2.24) is 0 Å². The maximum atomic E-state index is 8.71. The lowest BCUT2D eigenvalue weighted by molar-refractivity contribution is 1.52. The average molecular weight is 244 g/mol. The van der Waals surface area contributed by atoms with E-state index in [0.29, 0.717) is 0 Å². The maximum absolute atomic E-state index is 8.71. The number of hydrogen-bond donors (Lipinski definition) is 0. The Kier molecular flexibility index (Phi) is 1.72. The van der Waals surface area contributed by atoms with Crippen LogP contribution >= 0.6 is 38.6 Å². The summed E-state index contributed by atoms with van der Waals surface area (Å²) in [7, 11) is 0. The summed E-state index contributed by atoms with van der Waals surface area (Å²) in [6.45, 7) is 0. The zero-order chi connectivity index (χ0) is 7.84. The number of nitrogens with zero attached hydrogens (tertiary/aromatic N) is 1. The van der Waals surface area contributed by atoms with Crippen molar-refractivity contribution < 1.29 is 0 Å². The van der Waals surface area contributed by atoms with E-state index in [1.807, 2.05) is 10.8 Å². The maximum Gasteiger partial charge on any atom is 0.101 e. The second kappa shape index (κ2) is 2.59. The molecule has 0 fully saturated rings. The van der Waals surface area contributed by atoms with Gasteiger partial charge < -0.3 is 0 Å². The Bertz CT molecular complexity index is 435. The largest absolute Gasteiger partial charge is 0.192 e. The molecule has 2 rings (SSSR count). The topological polar surface area (TPSA) is 23.8 Å². The van der Waals surface area contributed by atoms with E-state index in [-0.39, 0.29) is 0 Å². The van der Waals surface area contributed by atoms with E-state index in [4.69, 9.17) is 5.26 Å². The molecule has 0 amide bonds. The van der Waals surface area contributed by atoms with Gasteiger partial charge in [-0.25, -0.2) is 0 Å². The van der Waals surface area contributed by atoms with Crippen LogP contribution in [0.25, 0.3) is 9.40 Å². The van der Waals surface area contributed by atoms with Crippen LogP contribution in [0.4, 0.5) is 0 Å². The van der Waals surface area contributed by atoms with Crippen molar-refractivity contribution in [3.8, 4) is 6.07 Å². The van der Waals surface area contributed by atoms with Crippen LogP contribution in [0.5, 0.6) is 0 Å². The predicted molar refractivity (Wildman–Crippen MR) is 52.1 cm³/mol. The Hall–Kier alpha value is -0.370. The van der Waals surface area contributed by atoms with E-state index in [2.05, 4.69) is 22.0 Å². The van der Waals surface area contributed by atoms with Gasteiger partial charge in [-0.3, -0.25) is 0 Å². The molecular weight excluding hydrogens is 242 g/mol. The van der Waals surface area contributed by atoms with Gasteiger partial charge in [-0.15, -0.1) is 22.7 Å². The first kappa shape index (κ1) is 7.29. The van der Waals surface area contributed by atoms with Gasteiger partial charge in [-0.1, -0.05) is 0 Å². The molecule has 0 unspecified atom stereocenters. The molecule has 0 spiro atoms. The predicted octanol–water partition coefficient (Wildman–Crippen LogP) is 3.60. The number of thiophene rings is 2. The Morgan fingerprint density at radius 3 is 2.82 bits per heavy atom. The van der Waals surface area contributed by atoms with Crippen molar-refractivity contribution in [1.29, 1.82) is 5.26 Å². The fraction of sp³-hybridized carbons (Fsp3) is 0. The lowest BCUT2D eigenvalue weighted by Crippen LogP contribution is -1.63. The first-order valence-electron chi connectivity index (χ1n) is 2.87. The van der Waals surface area contributed by atoms with Gasteiger partial charge in [-0.2, -0.15) is 5.26 Å². The van der Waals surface area contributed by atoms with Crippen molar-refractivity contribution >= 4 is 48.0 Å². The van der Waals surface area contributed by atoms with E-state index in [0.717, 1.165) is 15.4 Å². The SMILES string of the molecule is N#Cc1csc2scc(Br)c12. The van der Waals surface area contributed by atoms with Gasteiger partial charge in [-0.05, 0) is 15.9 Å². The fourth-order valence-electron chi connectivity index (χ4n) is 0.900. The van der Waals surface area contributed by atoms with Crippen LogP contribution in [0.3, 0.4) is 0 Å². The molecule has 4 heteroatoms. The number of halogens is 1. The van der Waals surface area contributed by atoms with Crippen LogP contribution in [0.15, 0.2) is 15.2 Å². The quantitative estimate of drug-likeness (QED) is 0.694. The van der Waals surface area contributed by atoms with Crippen molar-refractivity contribution in [3.05, 3.63) is 20.8 Å². The summed E-state index contributed by atoms with van der Waals surface area (Å²) >= 11 is 6.70. The summed E-state index contributed by atoms with van der Waals surface area (Å²) in [6.07, 6.45) is 0. The zero-order valence-corrected chi connectivity index (χ0v) is 8.52. The molecule has 0 N–H and O–H groups in total. The van der Waals surface area contributed by atoms with E-state index in [1.165, 1.54) is 4.01 Å². The summed E-state index contributed by atoms with van der Waals surface area (Å²) in [5, 5.41) is 13.7. The zero-order valence-electron chi connectivity index (χ0n) is 5.30. The highest BCUT2D eigenvalue weighted by Crippen LogP contribution is 2.36. The standard InChI is InChI=1S/C7H2BrNS2/c8-5-3-11-7-6(5)4(1-9)2-10-7/h2-3H. The van der Waals surface area contributed by atoms with Gasteiger partial charge >= 0.3 is 0 Å². The molecule has 0 saturated carbocycles. The smallest absolute Gasteiger partial charge is 0.101 e. The van der Waals surface area contributed by atoms with Crippen molar-refractivity contribution in [2.24, 2.45) is 0 Å². The summed E-state index contributed by atoms with van der Waals surface area (Å²) in [4.78, 5) is 0. The van der Waals surface area contributed by atoms with Crippen molar-refractivity contribution in [3.63, 3.8) is 0 Å². The van der Waals surface area contributed by atoms with Crippen LogP contribution in [-0.2, 0) is 0 Å². The second-order valence-electron chi connectivity index (χ2n) is 2.01. The van der Waals surface area contributed by atoms with E-state index >= 15 is 0 Å². The molecule has 0 saturated heterocycles. The fourth-order valence-corrected chi connectivity index (χ4v) is 3.76. The number of hydrogen-bond acceptors (Lipinski definition) is 3. The van der Waals surface area contributed by atoms with Crippen molar-refractivity contribution in [2.45, 2.75) is 0 Å². The highest BCUT2D eigenvalue weighted by molar-refractivity contribution is 9.10.